The Bertz CT molecular complexity index is 923. The van der Waals surface area contributed by atoms with Crippen LogP contribution in [0, 0.1) is 0 Å². The van der Waals surface area contributed by atoms with Crippen LogP contribution in [0.15, 0.2) is 53.7 Å². The molecule has 1 amide bonds. The Morgan fingerprint density at radius 3 is 2.72 bits per heavy atom. The van der Waals surface area contributed by atoms with Crippen molar-refractivity contribution in [1.82, 2.24) is 14.6 Å². The van der Waals surface area contributed by atoms with Crippen LogP contribution in [0.25, 0.3) is 0 Å². The average Bonchev–Trinajstić information content (AvgIpc) is 2.71. The van der Waals surface area contributed by atoms with E-state index in [-0.39, 0.29) is 17.5 Å². The summed E-state index contributed by atoms with van der Waals surface area (Å²) in [5.41, 5.74) is 0.850. The van der Waals surface area contributed by atoms with Gasteiger partial charge in [0.2, 0.25) is 10.0 Å². The fourth-order valence-electron chi connectivity index (χ4n) is 3.48. The van der Waals surface area contributed by atoms with Crippen molar-refractivity contribution in [2.45, 2.75) is 49.7 Å². The summed E-state index contributed by atoms with van der Waals surface area (Å²) in [4.78, 5) is 16.2. The lowest BCUT2D eigenvalue weighted by Crippen LogP contribution is -2.51. The van der Waals surface area contributed by atoms with Crippen LogP contribution in [-0.2, 0) is 21.3 Å². The molecular formula is C20H24ClN3O4S. The third-order valence-corrected chi connectivity index (χ3v) is 7.24. The number of ether oxygens (including phenoxy) is 1. The zero-order valence-corrected chi connectivity index (χ0v) is 17.7. The molecule has 3 rings (SSSR count). The molecule has 0 aliphatic carbocycles. The maximum Gasteiger partial charge on any atom is 0.407 e. The monoisotopic (exact) mass is 437 g/mol. The SMILES string of the molecule is C[C@@H]1CCC[C@H](COC(=O)NCc2cccnc2)N1S(=O)(=O)c1ccc(Cl)cc1. The van der Waals surface area contributed by atoms with E-state index in [4.69, 9.17) is 16.3 Å². The van der Waals surface area contributed by atoms with Crippen molar-refractivity contribution in [2.75, 3.05) is 6.61 Å². The van der Waals surface area contributed by atoms with Crippen molar-refractivity contribution in [1.29, 1.82) is 0 Å². The van der Waals surface area contributed by atoms with Gasteiger partial charge in [-0.25, -0.2) is 13.2 Å². The molecule has 1 N–H and O–H groups in total. The number of aromatic nitrogens is 1. The van der Waals surface area contributed by atoms with E-state index in [1.54, 1.807) is 30.6 Å². The number of amides is 1. The topological polar surface area (TPSA) is 88.6 Å². The second-order valence-electron chi connectivity index (χ2n) is 7.04. The van der Waals surface area contributed by atoms with Crippen molar-refractivity contribution >= 4 is 27.7 Å². The molecule has 9 heteroatoms. The van der Waals surface area contributed by atoms with Gasteiger partial charge in [-0.1, -0.05) is 24.1 Å². The van der Waals surface area contributed by atoms with Crippen molar-refractivity contribution in [3.8, 4) is 0 Å². The molecule has 0 bridgehead atoms. The predicted octanol–water partition coefficient (Wildman–Crippen LogP) is 3.59. The number of hydrogen-bond acceptors (Lipinski definition) is 5. The Balaban J connectivity index is 1.65. The fraction of sp³-hybridized carbons (Fsp3) is 0.400. The maximum atomic E-state index is 13.2. The number of hydrogen-bond donors (Lipinski definition) is 1. The molecule has 7 nitrogen and oxygen atoms in total. The van der Waals surface area contributed by atoms with Crippen molar-refractivity contribution in [2.24, 2.45) is 0 Å². The average molecular weight is 438 g/mol. The van der Waals surface area contributed by atoms with Gasteiger partial charge in [-0.05, 0) is 55.7 Å². The molecule has 0 saturated carbocycles. The first-order valence-electron chi connectivity index (χ1n) is 9.46. The molecule has 2 atom stereocenters. The van der Waals surface area contributed by atoms with Gasteiger partial charge in [0.1, 0.15) is 6.61 Å². The molecule has 1 saturated heterocycles. The third-order valence-electron chi connectivity index (χ3n) is 4.91. The maximum absolute atomic E-state index is 13.2. The number of piperidine rings is 1. The standard InChI is InChI=1S/C20H24ClN3O4S/c1-15-4-2-6-18(14-28-20(25)23-13-16-5-3-11-22-12-16)24(15)29(26,27)19-9-7-17(21)8-10-19/h3,5,7-12,15,18H,2,4,6,13-14H2,1H3,(H,23,25)/t15-,18-/m1/s1. The third kappa shape index (κ3) is 5.46. The predicted molar refractivity (Wildman–Crippen MR) is 110 cm³/mol. The van der Waals surface area contributed by atoms with Gasteiger partial charge in [-0.2, -0.15) is 4.31 Å². The van der Waals surface area contributed by atoms with Crippen molar-refractivity contribution < 1.29 is 17.9 Å². The van der Waals surface area contributed by atoms with Gasteiger partial charge in [0.15, 0.2) is 0 Å². The molecular weight excluding hydrogens is 414 g/mol. The van der Waals surface area contributed by atoms with E-state index < -0.39 is 22.2 Å². The van der Waals surface area contributed by atoms with Crippen LogP contribution in [0.3, 0.4) is 0 Å². The molecule has 1 aliphatic rings. The number of rotatable bonds is 6. The van der Waals surface area contributed by atoms with E-state index in [1.807, 2.05) is 13.0 Å². The van der Waals surface area contributed by atoms with Gasteiger partial charge < -0.3 is 10.1 Å². The first kappa shape index (κ1) is 21.5. The highest BCUT2D eigenvalue weighted by atomic mass is 35.5. The smallest absolute Gasteiger partial charge is 0.407 e. The largest absolute Gasteiger partial charge is 0.448 e. The Hall–Kier alpha value is -2.16. The molecule has 0 radical (unpaired) electrons. The summed E-state index contributed by atoms with van der Waals surface area (Å²) in [6.07, 6.45) is 4.99. The Morgan fingerprint density at radius 2 is 2.03 bits per heavy atom. The molecule has 0 spiro atoms. The Labute approximate surface area is 176 Å². The highest BCUT2D eigenvalue weighted by molar-refractivity contribution is 7.89. The van der Waals surface area contributed by atoms with E-state index in [2.05, 4.69) is 10.3 Å². The molecule has 1 fully saturated rings. The van der Waals surface area contributed by atoms with Gasteiger partial charge in [0, 0.05) is 30.0 Å². The van der Waals surface area contributed by atoms with Crippen LogP contribution in [0.5, 0.6) is 0 Å². The number of sulfonamides is 1. The van der Waals surface area contributed by atoms with Crippen LogP contribution >= 0.6 is 11.6 Å². The molecule has 2 aromatic rings. The van der Waals surface area contributed by atoms with Gasteiger partial charge in [0.25, 0.3) is 0 Å². The second-order valence-corrected chi connectivity index (χ2v) is 9.32. The molecule has 156 valence electrons. The summed E-state index contributed by atoms with van der Waals surface area (Å²) in [6, 6.07) is 9.14. The summed E-state index contributed by atoms with van der Waals surface area (Å²) in [5.74, 6) is 0. The Kier molecular flexibility index (Phi) is 7.10. The number of benzene rings is 1. The molecule has 1 aromatic heterocycles. The van der Waals surface area contributed by atoms with Crippen LogP contribution in [0.4, 0.5) is 4.79 Å². The van der Waals surface area contributed by atoms with Gasteiger partial charge >= 0.3 is 6.09 Å². The molecule has 0 unspecified atom stereocenters. The lowest BCUT2D eigenvalue weighted by Gasteiger charge is -2.39. The van der Waals surface area contributed by atoms with Crippen LogP contribution in [0.2, 0.25) is 5.02 Å². The van der Waals surface area contributed by atoms with Crippen molar-refractivity contribution in [3.63, 3.8) is 0 Å². The fourth-order valence-corrected chi connectivity index (χ4v) is 5.47. The van der Waals surface area contributed by atoms with Crippen molar-refractivity contribution in [3.05, 3.63) is 59.4 Å². The van der Waals surface area contributed by atoms with E-state index >= 15 is 0 Å². The summed E-state index contributed by atoms with van der Waals surface area (Å²) in [5, 5.41) is 3.13. The van der Waals surface area contributed by atoms with Crippen LogP contribution in [0.1, 0.15) is 31.7 Å². The molecule has 29 heavy (non-hydrogen) atoms. The molecule has 2 heterocycles. The highest BCUT2D eigenvalue weighted by Crippen LogP contribution is 2.30. The summed E-state index contributed by atoms with van der Waals surface area (Å²) < 4.78 is 33.2. The Morgan fingerprint density at radius 1 is 1.28 bits per heavy atom. The van der Waals surface area contributed by atoms with Gasteiger partial charge in [-0.3, -0.25) is 4.98 Å². The zero-order valence-electron chi connectivity index (χ0n) is 16.1. The number of carbonyl (C=O) groups excluding carboxylic acids is 1. The number of halogens is 1. The van der Waals surface area contributed by atoms with Gasteiger partial charge in [0.05, 0.1) is 10.9 Å². The first-order valence-corrected chi connectivity index (χ1v) is 11.3. The number of alkyl carbamates (subject to hydrolysis) is 1. The van der Waals surface area contributed by atoms with Gasteiger partial charge in [-0.15, -0.1) is 0 Å². The van der Waals surface area contributed by atoms with E-state index in [0.29, 0.717) is 18.0 Å². The lowest BCUT2D eigenvalue weighted by atomic mass is 10.0. The second kappa shape index (κ2) is 9.56. The summed E-state index contributed by atoms with van der Waals surface area (Å²) >= 11 is 5.89. The minimum Gasteiger partial charge on any atom is -0.448 e. The first-order chi connectivity index (χ1) is 13.9. The van der Waals surface area contributed by atoms with E-state index in [0.717, 1.165) is 18.4 Å². The van der Waals surface area contributed by atoms with E-state index in [1.165, 1.54) is 16.4 Å². The number of carbonyl (C=O) groups is 1. The highest BCUT2D eigenvalue weighted by Gasteiger charge is 2.38. The zero-order chi connectivity index (χ0) is 20.9. The van der Waals surface area contributed by atoms with E-state index in [9.17, 15) is 13.2 Å². The summed E-state index contributed by atoms with van der Waals surface area (Å²) in [7, 11) is -3.73. The van der Waals surface area contributed by atoms with Crippen LogP contribution < -0.4 is 5.32 Å². The summed E-state index contributed by atoms with van der Waals surface area (Å²) in [6.45, 7) is 2.17. The number of pyridine rings is 1. The molecule has 1 aliphatic heterocycles. The minimum absolute atomic E-state index is 0.00394. The number of nitrogens with one attached hydrogen (secondary N) is 1. The lowest BCUT2D eigenvalue weighted by molar-refractivity contribution is 0.0890. The number of nitrogens with zero attached hydrogens (tertiary/aromatic N) is 2. The quantitative estimate of drug-likeness (QED) is 0.745. The molecule has 1 aromatic carbocycles. The minimum atomic E-state index is -3.73. The van der Waals surface area contributed by atoms with Crippen LogP contribution in [-0.4, -0.2) is 42.5 Å². The normalized spacial score (nSPS) is 20.2.